The maximum absolute atomic E-state index is 12.8. The number of benzene rings is 2. The average molecular weight is 446 g/mol. The maximum Gasteiger partial charge on any atom is 0.228 e. The summed E-state index contributed by atoms with van der Waals surface area (Å²) < 4.78 is 13.7. The molecule has 0 amide bonds. The SMILES string of the molecule is CCCCCCCCn1cc(COc2ccc3c(C)c(C(=O)c4ccccc4)oc3c2)nn1. The Morgan fingerprint density at radius 1 is 1.03 bits per heavy atom. The molecule has 0 aliphatic heterocycles. The van der Waals surface area contributed by atoms with Gasteiger partial charge in [0.1, 0.15) is 23.6 Å². The fraction of sp³-hybridized carbons (Fsp3) is 0.370. The molecule has 0 aliphatic rings. The van der Waals surface area contributed by atoms with Crippen LogP contribution >= 0.6 is 0 Å². The lowest BCUT2D eigenvalue weighted by atomic mass is 10.0. The zero-order chi connectivity index (χ0) is 23.0. The Kier molecular flexibility index (Phi) is 7.55. The average Bonchev–Trinajstić information content (AvgIpc) is 3.44. The van der Waals surface area contributed by atoms with Crippen molar-refractivity contribution in [2.24, 2.45) is 0 Å². The molecule has 0 bridgehead atoms. The Labute approximate surface area is 194 Å². The number of fused-ring (bicyclic) bond motifs is 1. The second kappa shape index (κ2) is 10.9. The van der Waals surface area contributed by atoms with Crippen molar-refractivity contribution < 1.29 is 13.9 Å². The molecule has 2 aromatic heterocycles. The summed E-state index contributed by atoms with van der Waals surface area (Å²) in [5.74, 6) is 0.917. The van der Waals surface area contributed by atoms with Gasteiger partial charge in [0, 0.05) is 29.1 Å². The van der Waals surface area contributed by atoms with Crippen LogP contribution in [0.2, 0.25) is 0 Å². The Balaban J connectivity index is 1.35. The number of aromatic nitrogens is 3. The van der Waals surface area contributed by atoms with E-state index in [4.69, 9.17) is 9.15 Å². The predicted octanol–water partition coefficient (Wildman–Crippen LogP) is 6.50. The van der Waals surface area contributed by atoms with Crippen molar-refractivity contribution >= 4 is 16.8 Å². The number of carbonyl (C=O) groups excluding carboxylic acids is 1. The van der Waals surface area contributed by atoms with Crippen LogP contribution in [0.15, 0.2) is 59.1 Å². The van der Waals surface area contributed by atoms with E-state index in [1.807, 2.05) is 54.2 Å². The van der Waals surface area contributed by atoms with Gasteiger partial charge < -0.3 is 9.15 Å². The van der Waals surface area contributed by atoms with E-state index in [0.29, 0.717) is 29.3 Å². The van der Waals surface area contributed by atoms with Crippen molar-refractivity contribution in [1.29, 1.82) is 0 Å². The van der Waals surface area contributed by atoms with Gasteiger partial charge in [-0.3, -0.25) is 9.48 Å². The van der Waals surface area contributed by atoms with Crippen LogP contribution in [0.4, 0.5) is 0 Å². The zero-order valence-electron chi connectivity index (χ0n) is 19.4. The highest BCUT2D eigenvalue weighted by Crippen LogP contribution is 2.30. The lowest BCUT2D eigenvalue weighted by molar-refractivity contribution is 0.101. The van der Waals surface area contributed by atoms with E-state index in [-0.39, 0.29) is 5.78 Å². The van der Waals surface area contributed by atoms with Crippen LogP contribution in [0.25, 0.3) is 11.0 Å². The highest BCUT2D eigenvalue weighted by Gasteiger charge is 2.19. The van der Waals surface area contributed by atoms with Crippen LogP contribution in [-0.4, -0.2) is 20.8 Å². The molecule has 0 saturated carbocycles. The quantitative estimate of drug-likeness (QED) is 0.184. The number of hydrogen-bond acceptors (Lipinski definition) is 5. The molecule has 0 radical (unpaired) electrons. The molecular formula is C27H31N3O3. The van der Waals surface area contributed by atoms with E-state index < -0.39 is 0 Å². The number of ketones is 1. The third-order valence-electron chi connectivity index (χ3n) is 5.87. The first-order valence-corrected chi connectivity index (χ1v) is 11.8. The molecule has 0 N–H and O–H groups in total. The lowest BCUT2D eigenvalue weighted by Gasteiger charge is -2.03. The summed E-state index contributed by atoms with van der Waals surface area (Å²) in [6, 6.07) is 14.8. The van der Waals surface area contributed by atoms with Crippen LogP contribution in [0, 0.1) is 6.92 Å². The van der Waals surface area contributed by atoms with Gasteiger partial charge in [0.25, 0.3) is 0 Å². The van der Waals surface area contributed by atoms with Gasteiger partial charge in [-0.05, 0) is 25.5 Å². The fourth-order valence-electron chi connectivity index (χ4n) is 3.96. The normalized spacial score (nSPS) is 11.2. The molecule has 0 spiro atoms. The van der Waals surface area contributed by atoms with Crippen LogP contribution in [0.1, 0.15) is 72.8 Å². The van der Waals surface area contributed by atoms with Crippen molar-refractivity contribution in [1.82, 2.24) is 15.0 Å². The number of nitrogens with zero attached hydrogens (tertiary/aromatic N) is 3. The van der Waals surface area contributed by atoms with E-state index in [1.165, 1.54) is 32.1 Å². The third-order valence-corrected chi connectivity index (χ3v) is 5.87. The van der Waals surface area contributed by atoms with Crippen LogP contribution in [0.3, 0.4) is 0 Å². The molecule has 172 valence electrons. The number of rotatable bonds is 12. The Hall–Kier alpha value is -3.41. The summed E-state index contributed by atoms with van der Waals surface area (Å²) in [5, 5.41) is 9.33. The standard InChI is InChI=1S/C27H31N3O3/c1-3-4-5-6-7-11-16-30-18-22(28-29-30)19-32-23-14-15-24-20(2)27(33-25(24)17-23)26(31)21-12-9-8-10-13-21/h8-10,12-15,17-18H,3-7,11,16,19H2,1-2H3. The monoisotopic (exact) mass is 445 g/mol. The molecule has 6 heteroatoms. The molecule has 4 aromatic rings. The molecule has 2 aromatic carbocycles. The Bertz CT molecular complexity index is 1190. The number of aryl methyl sites for hydroxylation is 2. The number of carbonyl (C=O) groups is 1. The molecule has 0 aliphatic carbocycles. The molecule has 4 rings (SSSR count). The molecule has 0 saturated heterocycles. The smallest absolute Gasteiger partial charge is 0.228 e. The van der Waals surface area contributed by atoms with Crippen LogP contribution in [0.5, 0.6) is 5.75 Å². The molecule has 33 heavy (non-hydrogen) atoms. The number of furan rings is 1. The summed E-state index contributed by atoms with van der Waals surface area (Å²) in [7, 11) is 0. The summed E-state index contributed by atoms with van der Waals surface area (Å²) in [5.41, 5.74) is 2.87. The largest absolute Gasteiger partial charge is 0.487 e. The maximum atomic E-state index is 12.8. The van der Waals surface area contributed by atoms with Gasteiger partial charge in [0.15, 0.2) is 5.76 Å². The van der Waals surface area contributed by atoms with Gasteiger partial charge in [0.05, 0.1) is 6.20 Å². The lowest BCUT2D eigenvalue weighted by Crippen LogP contribution is -2.00. The minimum absolute atomic E-state index is 0.117. The van der Waals surface area contributed by atoms with Gasteiger partial charge in [-0.25, -0.2) is 0 Å². The second-order valence-corrected chi connectivity index (χ2v) is 8.44. The highest BCUT2D eigenvalue weighted by atomic mass is 16.5. The van der Waals surface area contributed by atoms with E-state index in [1.54, 1.807) is 12.1 Å². The van der Waals surface area contributed by atoms with Gasteiger partial charge in [-0.15, -0.1) is 5.10 Å². The first kappa shape index (κ1) is 22.8. The van der Waals surface area contributed by atoms with Crippen molar-refractivity contribution in [2.75, 3.05) is 0 Å². The number of ether oxygens (including phenoxy) is 1. The first-order chi connectivity index (χ1) is 16.2. The fourth-order valence-corrected chi connectivity index (χ4v) is 3.96. The van der Waals surface area contributed by atoms with Crippen molar-refractivity contribution in [3.8, 4) is 5.75 Å². The number of hydrogen-bond donors (Lipinski definition) is 0. The van der Waals surface area contributed by atoms with Crippen molar-refractivity contribution in [3.05, 3.63) is 77.3 Å². The second-order valence-electron chi connectivity index (χ2n) is 8.44. The van der Waals surface area contributed by atoms with Crippen LogP contribution < -0.4 is 4.74 Å². The number of unbranched alkanes of at least 4 members (excludes halogenated alkanes) is 5. The van der Waals surface area contributed by atoms with Gasteiger partial charge in [-0.2, -0.15) is 0 Å². The highest BCUT2D eigenvalue weighted by molar-refractivity contribution is 6.10. The zero-order valence-corrected chi connectivity index (χ0v) is 19.4. The van der Waals surface area contributed by atoms with Crippen molar-refractivity contribution in [3.63, 3.8) is 0 Å². The van der Waals surface area contributed by atoms with Crippen molar-refractivity contribution in [2.45, 2.75) is 65.5 Å². The molecule has 0 atom stereocenters. The molecule has 0 unspecified atom stereocenters. The van der Waals surface area contributed by atoms with E-state index >= 15 is 0 Å². The summed E-state index contributed by atoms with van der Waals surface area (Å²) in [6.45, 7) is 5.36. The minimum atomic E-state index is -0.117. The Morgan fingerprint density at radius 3 is 2.64 bits per heavy atom. The topological polar surface area (TPSA) is 70.2 Å². The predicted molar refractivity (Wildman–Crippen MR) is 129 cm³/mol. The van der Waals surface area contributed by atoms with Gasteiger partial charge in [0.2, 0.25) is 5.78 Å². The summed E-state index contributed by atoms with van der Waals surface area (Å²) in [6.07, 6.45) is 9.47. The summed E-state index contributed by atoms with van der Waals surface area (Å²) >= 11 is 0. The van der Waals surface area contributed by atoms with E-state index in [0.717, 1.165) is 29.6 Å². The molecular weight excluding hydrogens is 414 g/mol. The van der Waals surface area contributed by atoms with Crippen LogP contribution in [-0.2, 0) is 13.2 Å². The molecule has 6 nitrogen and oxygen atoms in total. The van der Waals surface area contributed by atoms with E-state index in [2.05, 4.69) is 17.2 Å². The van der Waals surface area contributed by atoms with Gasteiger partial charge >= 0.3 is 0 Å². The van der Waals surface area contributed by atoms with Gasteiger partial charge in [-0.1, -0.05) is 74.6 Å². The summed E-state index contributed by atoms with van der Waals surface area (Å²) in [4.78, 5) is 12.8. The minimum Gasteiger partial charge on any atom is -0.487 e. The molecule has 2 heterocycles. The third kappa shape index (κ3) is 5.69. The molecule has 0 fully saturated rings. The first-order valence-electron chi connectivity index (χ1n) is 11.8. The van der Waals surface area contributed by atoms with E-state index in [9.17, 15) is 4.79 Å². The Morgan fingerprint density at radius 2 is 1.82 bits per heavy atom.